The maximum atomic E-state index is 12.2. The molecule has 160 valence electrons. The van der Waals surface area contributed by atoms with Crippen LogP contribution in [0.2, 0.25) is 0 Å². The molecule has 0 radical (unpaired) electrons. The first-order valence-electron chi connectivity index (χ1n) is 11.4. The highest BCUT2D eigenvalue weighted by Crippen LogP contribution is 2.74. The van der Waals surface area contributed by atoms with Gasteiger partial charge in [0.15, 0.2) is 0 Å². The maximum Gasteiger partial charge on any atom is 0.334 e. The van der Waals surface area contributed by atoms with Crippen LogP contribution in [0, 0.1) is 34.0 Å². The summed E-state index contributed by atoms with van der Waals surface area (Å²) in [6.07, 6.45) is 9.13. The fraction of sp³-hybridized carbons (Fsp3) is 0.833. The zero-order valence-corrected chi connectivity index (χ0v) is 18.1. The molecule has 1 spiro atoms. The van der Waals surface area contributed by atoms with E-state index in [9.17, 15) is 14.7 Å². The number of hydrogen-bond donors (Lipinski definition) is 1. The van der Waals surface area contributed by atoms with Gasteiger partial charge in [-0.3, -0.25) is 4.79 Å². The zero-order valence-electron chi connectivity index (χ0n) is 18.1. The van der Waals surface area contributed by atoms with E-state index in [0.29, 0.717) is 23.3 Å². The van der Waals surface area contributed by atoms with Crippen LogP contribution in [0.1, 0.15) is 79.1 Å². The van der Waals surface area contributed by atoms with Gasteiger partial charge in [-0.15, -0.1) is 0 Å². The van der Waals surface area contributed by atoms with Crippen molar-refractivity contribution in [2.75, 3.05) is 0 Å². The molecular weight excluding hydrogens is 368 g/mol. The Balaban J connectivity index is 1.56. The van der Waals surface area contributed by atoms with Crippen LogP contribution in [0.25, 0.3) is 0 Å². The number of rotatable bonds is 2. The molecule has 1 N–H and O–H groups in total. The number of esters is 2. The van der Waals surface area contributed by atoms with Crippen LogP contribution in [-0.4, -0.2) is 28.9 Å². The highest BCUT2D eigenvalue weighted by molar-refractivity contribution is 5.87. The highest BCUT2D eigenvalue weighted by Gasteiger charge is 2.70. The minimum Gasteiger partial charge on any atom is -0.418 e. The lowest BCUT2D eigenvalue weighted by molar-refractivity contribution is -0.236. The molecule has 5 nitrogen and oxygen atoms in total. The standard InChI is InChI=1S/C24H34O5/c1-5-21(3)13-23-11-15(21)6-7-18(23)22(4)8-9-24(28-14(2)25)16(10-19(27)29-24)20(22)17(26)12-23/h10,15,17-18,20,26H,5-9,11-13H2,1-4H3/t15-,17-,18+,20+,21+,22+,23-,24-/m1/s1. The molecule has 2 bridgehead atoms. The third-order valence-electron chi connectivity index (χ3n) is 9.87. The van der Waals surface area contributed by atoms with Gasteiger partial charge in [0.1, 0.15) is 0 Å². The van der Waals surface area contributed by atoms with Crippen LogP contribution in [0.3, 0.4) is 0 Å². The minimum absolute atomic E-state index is 0.106. The molecule has 0 saturated heterocycles. The fourth-order valence-corrected chi connectivity index (χ4v) is 8.78. The van der Waals surface area contributed by atoms with Gasteiger partial charge in [0.05, 0.1) is 6.10 Å². The summed E-state index contributed by atoms with van der Waals surface area (Å²) in [6, 6.07) is 0. The molecule has 4 aliphatic carbocycles. The Bertz CT molecular complexity index is 803. The normalized spacial score (nSPS) is 52.7. The monoisotopic (exact) mass is 402 g/mol. The zero-order chi connectivity index (χ0) is 20.8. The number of carbonyl (C=O) groups excluding carboxylic acids is 2. The summed E-state index contributed by atoms with van der Waals surface area (Å²) in [4.78, 5) is 24.1. The largest absolute Gasteiger partial charge is 0.418 e. The average molecular weight is 403 g/mol. The Morgan fingerprint density at radius 1 is 1.28 bits per heavy atom. The lowest BCUT2D eigenvalue weighted by atomic mass is 9.43. The van der Waals surface area contributed by atoms with Gasteiger partial charge in [0.25, 0.3) is 5.79 Å². The highest BCUT2D eigenvalue weighted by atomic mass is 16.7. The molecule has 0 aromatic carbocycles. The number of aliphatic hydroxyl groups excluding tert-OH is 1. The molecule has 4 saturated carbocycles. The molecule has 5 rings (SSSR count). The number of hydrogen-bond acceptors (Lipinski definition) is 5. The molecule has 1 heterocycles. The van der Waals surface area contributed by atoms with Crippen LogP contribution in [0.15, 0.2) is 11.6 Å². The predicted molar refractivity (Wildman–Crippen MR) is 106 cm³/mol. The van der Waals surface area contributed by atoms with E-state index in [1.54, 1.807) is 0 Å². The van der Waals surface area contributed by atoms with E-state index < -0.39 is 23.8 Å². The Morgan fingerprint density at radius 3 is 2.72 bits per heavy atom. The summed E-state index contributed by atoms with van der Waals surface area (Å²) in [5.74, 6) is -1.12. The van der Waals surface area contributed by atoms with Gasteiger partial charge < -0.3 is 14.6 Å². The quantitative estimate of drug-likeness (QED) is 0.703. The first-order chi connectivity index (χ1) is 13.6. The molecule has 1 aliphatic heterocycles. The Kier molecular flexibility index (Phi) is 3.96. The van der Waals surface area contributed by atoms with Crippen molar-refractivity contribution in [3.05, 3.63) is 11.6 Å². The molecule has 0 amide bonds. The van der Waals surface area contributed by atoms with Gasteiger partial charge in [-0.1, -0.05) is 27.2 Å². The van der Waals surface area contributed by atoms with E-state index in [2.05, 4.69) is 20.8 Å². The van der Waals surface area contributed by atoms with Crippen molar-refractivity contribution in [3.63, 3.8) is 0 Å². The Hall–Kier alpha value is -1.36. The Labute approximate surface area is 173 Å². The maximum absolute atomic E-state index is 12.2. The Morgan fingerprint density at radius 2 is 2.03 bits per heavy atom. The summed E-state index contributed by atoms with van der Waals surface area (Å²) in [7, 11) is 0. The molecule has 0 aromatic heterocycles. The van der Waals surface area contributed by atoms with Crippen LogP contribution in [-0.2, 0) is 19.1 Å². The molecule has 5 aliphatic rings. The fourth-order valence-electron chi connectivity index (χ4n) is 8.78. The van der Waals surface area contributed by atoms with Crippen molar-refractivity contribution in [1.29, 1.82) is 0 Å². The molecule has 4 fully saturated rings. The molecule has 29 heavy (non-hydrogen) atoms. The van der Waals surface area contributed by atoms with Gasteiger partial charge in [-0.05, 0) is 66.6 Å². The van der Waals surface area contributed by atoms with Gasteiger partial charge in [-0.25, -0.2) is 4.79 Å². The third-order valence-corrected chi connectivity index (χ3v) is 9.87. The molecule has 0 aromatic rings. The molecule has 5 heteroatoms. The minimum atomic E-state index is -1.30. The second-order valence-electron chi connectivity index (χ2n) is 11.2. The van der Waals surface area contributed by atoms with Gasteiger partial charge in [0.2, 0.25) is 0 Å². The summed E-state index contributed by atoms with van der Waals surface area (Å²) in [5, 5.41) is 11.5. The van der Waals surface area contributed by atoms with E-state index in [-0.39, 0.29) is 16.7 Å². The van der Waals surface area contributed by atoms with E-state index in [1.165, 1.54) is 45.1 Å². The predicted octanol–water partition coefficient (Wildman–Crippen LogP) is 4.13. The van der Waals surface area contributed by atoms with Gasteiger partial charge in [0, 0.05) is 30.9 Å². The number of ether oxygens (including phenoxy) is 2. The molecule has 0 unspecified atom stereocenters. The summed E-state index contributed by atoms with van der Waals surface area (Å²) >= 11 is 0. The van der Waals surface area contributed by atoms with Gasteiger partial charge in [-0.2, -0.15) is 0 Å². The van der Waals surface area contributed by atoms with Crippen LogP contribution >= 0.6 is 0 Å². The number of aliphatic hydroxyl groups is 1. The van der Waals surface area contributed by atoms with Crippen molar-refractivity contribution in [1.82, 2.24) is 0 Å². The second kappa shape index (κ2) is 5.87. The van der Waals surface area contributed by atoms with Crippen LogP contribution < -0.4 is 0 Å². The molecular formula is C24H34O5. The first-order valence-corrected chi connectivity index (χ1v) is 11.4. The van der Waals surface area contributed by atoms with E-state index in [1.807, 2.05) is 0 Å². The van der Waals surface area contributed by atoms with Crippen molar-refractivity contribution >= 4 is 11.9 Å². The second-order valence-corrected chi connectivity index (χ2v) is 11.2. The average Bonchev–Trinajstić information content (AvgIpc) is 3.05. The number of fused-ring (bicyclic) bond motifs is 5. The van der Waals surface area contributed by atoms with E-state index >= 15 is 0 Å². The van der Waals surface area contributed by atoms with E-state index in [4.69, 9.17) is 9.47 Å². The van der Waals surface area contributed by atoms with E-state index in [0.717, 1.165) is 18.8 Å². The summed E-state index contributed by atoms with van der Waals surface area (Å²) < 4.78 is 11.2. The van der Waals surface area contributed by atoms with Crippen molar-refractivity contribution in [2.24, 2.45) is 34.0 Å². The SMILES string of the molecule is CC[C@@]1(C)C[C@]23C[C@H]1CC[C@H]2[C@]1(C)CC[C@@]2(OC(C)=O)OC(=O)C=C2[C@H]1[C@H](O)C3. The third kappa shape index (κ3) is 2.43. The van der Waals surface area contributed by atoms with Crippen LogP contribution in [0.5, 0.6) is 0 Å². The summed E-state index contributed by atoms with van der Waals surface area (Å²) in [5.41, 5.74) is 1.17. The number of carbonyl (C=O) groups is 2. The lowest BCUT2D eigenvalue weighted by Crippen LogP contribution is -2.61. The van der Waals surface area contributed by atoms with Crippen molar-refractivity contribution in [3.8, 4) is 0 Å². The molecule has 8 atom stereocenters. The summed E-state index contributed by atoms with van der Waals surface area (Å²) in [6.45, 7) is 8.43. The van der Waals surface area contributed by atoms with Crippen LogP contribution in [0.4, 0.5) is 0 Å². The van der Waals surface area contributed by atoms with Gasteiger partial charge >= 0.3 is 11.9 Å². The smallest absolute Gasteiger partial charge is 0.334 e. The first kappa shape index (κ1) is 19.6. The lowest BCUT2D eigenvalue weighted by Gasteiger charge is -2.63. The van der Waals surface area contributed by atoms with Crippen molar-refractivity contribution < 1.29 is 24.2 Å². The van der Waals surface area contributed by atoms with Crippen molar-refractivity contribution in [2.45, 2.75) is 91.0 Å². The topological polar surface area (TPSA) is 72.8 Å².